The van der Waals surface area contributed by atoms with Crippen LogP contribution in [0.5, 0.6) is 0 Å². The van der Waals surface area contributed by atoms with E-state index in [9.17, 15) is 33.9 Å². The molecule has 8 heterocycles. The number of halogens is 2. The number of β-amino-alcohol motifs (C(OH)–C–C–N with tert-alkyl or cyclic N) is 1. The molecule has 1 spiro atoms. The van der Waals surface area contributed by atoms with Crippen LogP contribution in [0.15, 0.2) is 54.3 Å². The highest BCUT2D eigenvalue weighted by molar-refractivity contribution is 7.13. The van der Waals surface area contributed by atoms with E-state index in [0.29, 0.717) is 94.8 Å². The van der Waals surface area contributed by atoms with Crippen LogP contribution >= 0.6 is 11.3 Å². The number of aliphatic hydroxyl groups excluding tert-OH is 1. The fourth-order valence-corrected chi connectivity index (χ4v) is 14.9. The lowest BCUT2D eigenvalue weighted by Crippen LogP contribution is -2.66. The number of aromatic nitrogens is 3. The van der Waals surface area contributed by atoms with Gasteiger partial charge in [0.25, 0.3) is 0 Å². The first-order chi connectivity index (χ1) is 43.9. The lowest BCUT2D eigenvalue weighted by Gasteiger charge is -2.48. The summed E-state index contributed by atoms with van der Waals surface area (Å²) >= 11 is 1.57. The number of amides is 6. The fraction of sp³-hybridized carbons (Fsp3) is 0.627. The van der Waals surface area contributed by atoms with E-state index in [-0.39, 0.29) is 73.1 Å². The molecule has 500 valence electrons. The van der Waals surface area contributed by atoms with Crippen molar-refractivity contribution in [3.63, 3.8) is 0 Å². The summed E-state index contributed by atoms with van der Waals surface area (Å²) in [5, 5.41) is 29.1. The summed E-state index contributed by atoms with van der Waals surface area (Å²) < 4.78 is 31.3. The third-order valence-electron chi connectivity index (χ3n) is 19.6. The largest absolute Gasteiger partial charge is 0.391 e. The Morgan fingerprint density at radius 1 is 0.783 bits per heavy atom. The number of anilines is 3. The number of benzene rings is 2. The van der Waals surface area contributed by atoms with Gasteiger partial charge in [-0.2, -0.15) is 0 Å². The molecule has 0 aliphatic carbocycles. The van der Waals surface area contributed by atoms with Crippen molar-refractivity contribution in [3.05, 3.63) is 82.8 Å². The molecule has 25 heteroatoms. The van der Waals surface area contributed by atoms with Gasteiger partial charge in [-0.05, 0) is 112 Å². The van der Waals surface area contributed by atoms with E-state index in [0.717, 1.165) is 92.6 Å². The van der Waals surface area contributed by atoms with Gasteiger partial charge in [-0.3, -0.25) is 38.6 Å². The van der Waals surface area contributed by atoms with E-state index in [1.807, 2.05) is 70.5 Å². The number of piperidine rings is 2. The summed E-state index contributed by atoms with van der Waals surface area (Å²) in [5.41, 5.74) is 4.06. The van der Waals surface area contributed by atoms with Gasteiger partial charge in [0.1, 0.15) is 41.7 Å². The molecule has 0 unspecified atom stereocenters. The van der Waals surface area contributed by atoms with Gasteiger partial charge in [0.2, 0.25) is 35.4 Å². The number of aliphatic hydroxyl groups is 1. The molecule has 2 aromatic carbocycles. The molecule has 22 nitrogen and oxygen atoms in total. The van der Waals surface area contributed by atoms with Crippen molar-refractivity contribution < 1.29 is 42.7 Å². The van der Waals surface area contributed by atoms with Gasteiger partial charge in [-0.1, -0.05) is 58.9 Å². The van der Waals surface area contributed by atoms with Crippen LogP contribution in [0, 0.1) is 41.2 Å². The predicted molar refractivity (Wildman–Crippen MR) is 350 cm³/mol. The molecule has 2 aromatic heterocycles. The maximum atomic E-state index is 15.7. The van der Waals surface area contributed by atoms with Crippen molar-refractivity contribution in [1.29, 1.82) is 0 Å². The molecule has 92 heavy (non-hydrogen) atoms. The van der Waals surface area contributed by atoms with Crippen molar-refractivity contribution >= 4 is 64.1 Å². The minimum atomic E-state index is -1.00. The summed E-state index contributed by atoms with van der Waals surface area (Å²) in [6.45, 7) is 23.6. The maximum absolute atomic E-state index is 15.7. The van der Waals surface area contributed by atoms with Crippen molar-refractivity contribution in [2.24, 2.45) is 22.7 Å². The van der Waals surface area contributed by atoms with Gasteiger partial charge < -0.3 is 56.6 Å². The van der Waals surface area contributed by atoms with Crippen LogP contribution in [-0.4, -0.2) is 204 Å². The van der Waals surface area contributed by atoms with E-state index in [4.69, 9.17) is 0 Å². The van der Waals surface area contributed by atoms with E-state index in [2.05, 4.69) is 80.3 Å². The van der Waals surface area contributed by atoms with Gasteiger partial charge in [0.05, 0.1) is 52.5 Å². The van der Waals surface area contributed by atoms with Crippen LogP contribution in [0.1, 0.15) is 122 Å². The van der Waals surface area contributed by atoms with Gasteiger partial charge in [-0.25, -0.2) is 23.7 Å². The average molecular weight is 1290 g/mol. The van der Waals surface area contributed by atoms with E-state index < -0.39 is 52.6 Å². The van der Waals surface area contributed by atoms with Crippen LogP contribution in [-0.2, 0) is 35.3 Å². The number of likely N-dealkylation sites (tertiary alicyclic amines) is 4. The number of fused-ring (bicyclic) bond motifs is 1. The molecule has 0 saturated carbocycles. The molecule has 0 radical (unpaired) electrons. The van der Waals surface area contributed by atoms with Gasteiger partial charge >= 0.3 is 0 Å². The smallest absolute Gasteiger partial charge is 0.246 e. The predicted octanol–water partition coefficient (Wildman–Crippen LogP) is 5.22. The number of nitrogens with zero attached hydrogens (tertiary/aromatic N) is 9. The van der Waals surface area contributed by atoms with E-state index in [1.165, 1.54) is 23.4 Å². The van der Waals surface area contributed by atoms with Crippen molar-refractivity contribution in [1.82, 2.24) is 61.1 Å². The van der Waals surface area contributed by atoms with Gasteiger partial charge in [-0.15, -0.1) is 11.3 Å². The third kappa shape index (κ3) is 17.4. The van der Waals surface area contributed by atoms with Gasteiger partial charge in [0.15, 0.2) is 0 Å². The molecule has 6 aliphatic heterocycles. The standard InChI is InChI=1S/C67H95F2N15O7S/c1-43(45-10-12-46(13-11-45)61-44(2)75-42-92-61)76-63(90)54-29-50(85)37-84(54)64(91)62(65(3,4)5)77-58(87)15-14-57(86)71-22-9-23-80-33-48-35-81(36-49(48)34-80)38-59(88)72-21-8-20-70-55-31-56(74-41-73-55)82-26-18-67(19-27-82)40-83(39-60(89)78-67)53-30-51(68)47(28-52(53)69)32-79-24-16-66(6,7)17-25-79/h10-13,28,30-31,41-43,48-50,54,62,85H,8-9,14-27,29,32-40H2,1-7H3,(H,71,86)(H,72,88)(H,76,90)(H,77,87)(H,78,89)(H,70,73,74)/t43-,48-,49+,50+,54-,62+/m0/s1. The van der Waals surface area contributed by atoms with Crippen molar-refractivity contribution in [2.75, 3.05) is 120 Å². The molecule has 6 atom stereocenters. The Morgan fingerprint density at radius 2 is 1.47 bits per heavy atom. The number of aryl methyl sites for hydroxylation is 1. The zero-order valence-electron chi connectivity index (χ0n) is 54.6. The second kappa shape index (κ2) is 29.6. The highest BCUT2D eigenvalue weighted by atomic mass is 32.1. The highest BCUT2D eigenvalue weighted by Crippen LogP contribution is 2.36. The Bertz CT molecular complexity index is 3240. The first-order valence-corrected chi connectivity index (χ1v) is 33.9. The lowest BCUT2D eigenvalue weighted by atomic mass is 9.82. The second-order valence-corrected chi connectivity index (χ2v) is 29.3. The number of hydrogen-bond acceptors (Lipinski definition) is 17. The molecular formula is C67H95F2N15O7S. The second-order valence-electron chi connectivity index (χ2n) is 28.5. The Balaban J connectivity index is 0.571. The number of hydrogen-bond donors (Lipinski definition) is 7. The summed E-state index contributed by atoms with van der Waals surface area (Å²) in [6.07, 6.45) is 5.19. The first kappa shape index (κ1) is 67.9. The normalized spacial score (nSPS) is 22.4. The van der Waals surface area contributed by atoms with Crippen LogP contribution in [0.25, 0.3) is 10.4 Å². The fourth-order valence-electron chi connectivity index (χ4n) is 14.1. The number of rotatable bonds is 24. The van der Waals surface area contributed by atoms with Crippen LogP contribution in [0.2, 0.25) is 0 Å². The molecule has 6 aliphatic rings. The van der Waals surface area contributed by atoms with Crippen LogP contribution in [0.3, 0.4) is 0 Å². The summed E-state index contributed by atoms with van der Waals surface area (Å²) in [5.74, 6) is -0.398. The first-order valence-electron chi connectivity index (χ1n) is 33.0. The number of carbonyl (C=O) groups is 6. The Kier molecular flexibility index (Phi) is 21.8. The highest BCUT2D eigenvalue weighted by Gasteiger charge is 2.46. The Morgan fingerprint density at radius 3 is 2.16 bits per heavy atom. The maximum Gasteiger partial charge on any atom is 0.246 e. The van der Waals surface area contributed by atoms with Crippen molar-refractivity contribution in [3.8, 4) is 10.4 Å². The SMILES string of the molecule is Cc1ncsc1-c1ccc([C@H](C)NC(=O)[C@@H]2C[C@@H](O)CN2C(=O)[C@@H](NC(=O)CCC(=O)NCCCN2C[C@@H]3CN(CC(=O)NCCCNc4cc(N5CCC6(CC5)CN(c5cc(F)c(CN7CCC(C)(C)CC7)cc5F)CC(=O)N6)ncn4)C[C@@H]3C2)C(C)(C)C)cc1. The topological polar surface area (TPSA) is 253 Å². The minimum absolute atomic E-state index is 0.00508. The summed E-state index contributed by atoms with van der Waals surface area (Å²) in [7, 11) is 0. The van der Waals surface area contributed by atoms with Crippen molar-refractivity contribution in [2.45, 2.75) is 143 Å². The molecule has 6 saturated heterocycles. The Labute approximate surface area is 543 Å². The molecule has 7 N–H and O–H groups in total. The number of nitrogens with one attached hydrogen (secondary N) is 6. The molecule has 0 bridgehead atoms. The summed E-state index contributed by atoms with van der Waals surface area (Å²) in [6, 6.07) is 10.1. The molecule has 6 amide bonds. The molecule has 6 fully saturated rings. The molecular weight excluding hydrogens is 1200 g/mol. The third-order valence-corrected chi connectivity index (χ3v) is 20.6. The minimum Gasteiger partial charge on any atom is -0.391 e. The van der Waals surface area contributed by atoms with Crippen LogP contribution in [0.4, 0.5) is 26.1 Å². The average Bonchev–Trinajstić information content (AvgIpc) is 1.07. The van der Waals surface area contributed by atoms with Gasteiger partial charge in [0, 0.05) is 115 Å². The number of thiazole rings is 1. The Hall–Kier alpha value is -6.93. The van der Waals surface area contributed by atoms with Crippen LogP contribution < -0.4 is 41.7 Å². The van der Waals surface area contributed by atoms with E-state index in [1.54, 1.807) is 16.2 Å². The molecule has 10 rings (SSSR count). The van der Waals surface area contributed by atoms with E-state index >= 15 is 8.78 Å². The summed E-state index contributed by atoms with van der Waals surface area (Å²) in [4.78, 5) is 107. The monoisotopic (exact) mass is 1290 g/mol. The quantitative estimate of drug-likeness (QED) is 0.0444. The lowest BCUT2D eigenvalue weighted by molar-refractivity contribution is -0.144. The number of piperazine rings is 1. The zero-order chi connectivity index (χ0) is 65.5. The number of carbonyl (C=O) groups excluding carboxylic acids is 6. The zero-order valence-corrected chi connectivity index (χ0v) is 55.4. The molecule has 4 aromatic rings.